The summed E-state index contributed by atoms with van der Waals surface area (Å²) >= 11 is 0. The molecule has 0 aliphatic rings. The van der Waals surface area contributed by atoms with Crippen molar-refractivity contribution < 1.29 is 9.90 Å². The van der Waals surface area contributed by atoms with Crippen LogP contribution in [-0.2, 0) is 13.5 Å². The Labute approximate surface area is 127 Å². The number of likely N-dealkylation sites (N-methyl/N-ethyl adjacent to an activating group) is 1. The van der Waals surface area contributed by atoms with Crippen LogP contribution in [0.15, 0.2) is 6.07 Å². The van der Waals surface area contributed by atoms with E-state index in [0.29, 0.717) is 5.82 Å². The normalized spacial score (nSPS) is 13.1. The Morgan fingerprint density at radius 2 is 2.14 bits per heavy atom. The van der Waals surface area contributed by atoms with Crippen LogP contribution in [0.1, 0.15) is 39.8 Å². The first-order chi connectivity index (χ1) is 9.70. The van der Waals surface area contributed by atoms with Gasteiger partial charge in [0.05, 0.1) is 18.3 Å². The van der Waals surface area contributed by atoms with E-state index in [1.165, 1.54) is 0 Å². The second-order valence-electron chi connectivity index (χ2n) is 6.50. The van der Waals surface area contributed by atoms with E-state index in [-0.39, 0.29) is 24.1 Å². The van der Waals surface area contributed by atoms with Gasteiger partial charge in [0.2, 0.25) is 0 Å². The lowest BCUT2D eigenvalue weighted by molar-refractivity contribution is 0.0885. The molecule has 0 bridgehead atoms. The average Bonchev–Trinajstić information content (AvgIpc) is 2.69. The zero-order chi connectivity index (χ0) is 16.2. The van der Waals surface area contributed by atoms with Crippen molar-refractivity contribution in [1.29, 1.82) is 0 Å². The van der Waals surface area contributed by atoms with Gasteiger partial charge in [0.1, 0.15) is 5.82 Å². The summed E-state index contributed by atoms with van der Waals surface area (Å²) < 4.78 is 1.67. The van der Waals surface area contributed by atoms with E-state index < -0.39 is 0 Å². The summed E-state index contributed by atoms with van der Waals surface area (Å²) in [4.78, 5) is 13.9. The molecule has 1 aromatic heterocycles. The minimum atomic E-state index is -0.249. The molecule has 1 aromatic rings. The van der Waals surface area contributed by atoms with Crippen LogP contribution in [0.5, 0.6) is 0 Å². The first-order valence-electron chi connectivity index (χ1n) is 7.38. The summed E-state index contributed by atoms with van der Waals surface area (Å²) in [6.07, 6.45) is 1.90. The number of rotatable bonds is 5. The summed E-state index contributed by atoms with van der Waals surface area (Å²) in [6, 6.07) is 1.40. The summed E-state index contributed by atoms with van der Waals surface area (Å²) in [5.74, 6) is 0.667. The zero-order valence-electron chi connectivity index (χ0n) is 14.0. The Bertz CT molecular complexity index is 477. The Hall–Kier alpha value is -1.56. The van der Waals surface area contributed by atoms with Gasteiger partial charge in [0.15, 0.2) is 0 Å². The standard InChI is InChI=1S/C15H28N4O2/c1-7-8-11-9-13(19(6)17-11)16-14(21)18(5)12(10-20)15(2,3)4/h9,12,20H,7-8,10H2,1-6H3,(H,16,21). The zero-order valence-corrected chi connectivity index (χ0v) is 14.0. The first kappa shape index (κ1) is 17.5. The number of nitrogens with one attached hydrogen (secondary N) is 1. The Balaban J connectivity index is 2.80. The van der Waals surface area contributed by atoms with Crippen molar-refractivity contribution in [3.05, 3.63) is 11.8 Å². The third-order valence-corrected chi connectivity index (χ3v) is 3.63. The highest BCUT2D eigenvalue weighted by Gasteiger charge is 2.30. The number of aliphatic hydroxyl groups is 1. The van der Waals surface area contributed by atoms with Crippen LogP contribution < -0.4 is 5.32 Å². The van der Waals surface area contributed by atoms with Crippen LogP contribution in [-0.4, -0.2) is 45.5 Å². The number of carbonyl (C=O) groups is 1. The molecule has 0 radical (unpaired) electrons. The maximum absolute atomic E-state index is 12.3. The molecule has 0 saturated heterocycles. The van der Waals surface area contributed by atoms with Gasteiger partial charge < -0.3 is 10.0 Å². The molecule has 0 aliphatic carbocycles. The molecule has 0 aliphatic heterocycles. The van der Waals surface area contributed by atoms with E-state index in [2.05, 4.69) is 17.3 Å². The number of urea groups is 1. The van der Waals surface area contributed by atoms with Gasteiger partial charge in [-0.2, -0.15) is 5.10 Å². The maximum atomic E-state index is 12.3. The number of amides is 2. The van der Waals surface area contributed by atoms with E-state index >= 15 is 0 Å². The number of hydrogen-bond donors (Lipinski definition) is 2. The van der Waals surface area contributed by atoms with E-state index in [0.717, 1.165) is 18.5 Å². The lowest BCUT2D eigenvalue weighted by Crippen LogP contribution is -2.49. The Kier molecular flexibility index (Phi) is 5.78. The molecule has 1 rings (SSSR count). The third kappa shape index (κ3) is 4.46. The molecule has 1 atom stereocenters. The summed E-state index contributed by atoms with van der Waals surface area (Å²) in [6.45, 7) is 8.03. The molecular weight excluding hydrogens is 268 g/mol. The van der Waals surface area contributed by atoms with E-state index in [4.69, 9.17) is 0 Å². The monoisotopic (exact) mass is 296 g/mol. The van der Waals surface area contributed by atoms with Crippen molar-refractivity contribution in [2.75, 3.05) is 19.0 Å². The van der Waals surface area contributed by atoms with Gasteiger partial charge in [0, 0.05) is 20.2 Å². The fourth-order valence-electron chi connectivity index (χ4n) is 2.34. The predicted octanol–water partition coefficient (Wildman–Crippen LogP) is 2.24. The molecular formula is C15H28N4O2. The number of aryl methyl sites for hydroxylation is 2. The van der Waals surface area contributed by atoms with Gasteiger partial charge >= 0.3 is 6.03 Å². The minimum Gasteiger partial charge on any atom is -0.394 e. The van der Waals surface area contributed by atoms with E-state index in [1.54, 1.807) is 16.6 Å². The van der Waals surface area contributed by atoms with Crippen LogP contribution >= 0.6 is 0 Å². The molecule has 1 unspecified atom stereocenters. The van der Waals surface area contributed by atoms with Crippen molar-refractivity contribution in [3.8, 4) is 0 Å². The lowest BCUT2D eigenvalue weighted by Gasteiger charge is -2.36. The van der Waals surface area contributed by atoms with Crippen LogP contribution in [0.25, 0.3) is 0 Å². The van der Waals surface area contributed by atoms with Crippen LogP contribution in [0.2, 0.25) is 0 Å². The van der Waals surface area contributed by atoms with Crippen molar-refractivity contribution in [1.82, 2.24) is 14.7 Å². The van der Waals surface area contributed by atoms with Crippen LogP contribution in [0.3, 0.4) is 0 Å². The van der Waals surface area contributed by atoms with Gasteiger partial charge in [-0.05, 0) is 11.8 Å². The first-order valence-corrected chi connectivity index (χ1v) is 7.38. The molecule has 21 heavy (non-hydrogen) atoms. The lowest BCUT2D eigenvalue weighted by atomic mass is 9.86. The number of anilines is 1. The summed E-state index contributed by atoms with van der Waals surface area (Å²) in [7, 11) is 3.51. The predicted molar refractivity (Wildman–Crippen MR) is 84.3 cm³/mol. The van der Waals surface area contributed by atoms with Gasteiger partial charge in [0.25, 0.3) is 0 Å². The molecule has 0 aromatic carbocycles. The fraction of sp³-hybridized carbons (Fsp3) is 0.733. The van der Waals surface area contributed by atoms with Gasteiger partial charge in [-0.15, -0.1) is 0 Å². The van der Waals surface area contributed by atoms with Crippen LogP contribution in [0, 0.1) is 5.41 Å². The molecule has 1 heterocycles. The second-order valence-corrected chi connectivity index (χ2v) is 6.50. The number of nitrogens with zero attached hydrogens (tertiary/aromatic N) is 3. The van der Waals surface area contributed by atoms with Gasteiger partial charge in [-0.25, -0.2) is 4.79 Å². The van der Waals surface area contributed by atoms with Crippen molar-refractivity contribution in [2.24, 2.45) is 12.5 Å². The fourth-order valence-corrected chi connectivity index (χ4v) is 2.34. The quantitative estimate of drug-likeness (QED) is 0.875. The maximum Gasteiger partial charge on any atom is 0.323 e. The largest absolute Gasteiger partial charge is 0.394 e. The number of carbonyl (C=O) groups excluding carboxylic acids is 1. The SMILES string of the molecule is CCCc1cc(NC(=O)N(C)C(CO)C(C)(C)C)n(C)n1. The summed E-state index contributed by atoms with van der Waals surface area (Å²) in [5, 5.41) is 16.7. The number of hydrogen-bond acceptors (Lipinski definition) is 3. The van der Waals surface area contributed by atoms with E-state index in [1.807, 2.05) is 33.9 Å². The molecule has 6 heteroatoms. The van der Waals surface area contributed by atoms with Crippen molar-refractivity contribution >= 4 is 11.8 Å². The molecule has 0 spiro atoms. The summed E-state index contributed by atoms with van der Waals surface area (Å²) in [5.41, 5.74) is 0.771. The molecule has 6 nitrogen and oxygen atoms in total. The molecule has 120 valence electrons. The highest BCUT2D eigenvalue weighted by molar-refractivity contribution is 5.88. The Morgan fingerprint density at radius 3 is 2.62 bits per heavy atom. The topological polar surface area (TPSA) is 70.4 Å². The smallest absolute Gasteiger partial charge is 0.323 e. The molecule has 2 amide bonds. The highest BCUT2D eigenvalue weighted by atomic mass is 16.3. The van der Waals surface area contributed by atoms with Crippen molar-refractivity contribution in [2.45, 2.75) is 46.6 Å². The van der Waals surface area contributed by atoms with Crippen LogP contribution in [0.4, 0.5) is 10.6 Å². The molecule has 0 saturated carbocycles. The van der Waals surface area contributed by atoms with Gasteiger partial charge in [-0.3, -0.25) is 10.00 Å². The van der Waals surface area contributed by atoms with Gasteiger partial charge in [-0.1, -0.05) is 34.1 Å². The molecule has 2 N–H and O–H groups in total. The number of aromatic nitrogens is 2. The average molecular weight is 296 g/mol. The highest BCUT2D eigenvalue weighted by Crippen LogP contribution is 2.24. The second kappa shape index (κ2) is 6.93. The van der Waals surface area contributed by atoms with E-state index in [9.17, 15) is 9.90 Å². The number of aliphatic hydroxyl groups excluding tert-OH is 1. The third-order valence-electron chi connectivity index (χ3n) is 3.63. The van der Waals surface area contributed by atoms with Crippen molar-refractivity contribution in [3.63, 3.8) is 0 Å². The molecule has 0 fully saturated rings. The minimum absolute atomic E-state index is 0.0696. The Morgan fingerprint density at radius 1 is 1.52 bits per heavy atom.